The van der Waals surface area contributed by atoms with E-state index in [1.165, 1.54) is 0 Å². The van der Waals surface area contributed by atoms with Gasteiger partial charge < -0.3 is 10.6 Å². The molecule has 2 rings (SSSR count). The molecule has 2 aliphatic rings. The predicted molar refractivity (Wildman–Crippen MR) is 37.5 cm³/mol. The van der Waals surface area contributed by atoms with Gasteiger partial charge in [0.2, 0.25) is 0 Å². The number of piperidine rings is 1. The first-order valence-corrected chi connectivity index (χ1v) is 3.86. The SMILES string of the molecule is NC12CCN(CCC1F)C2. The molecule has 10 heavy (non-hydrogen) atoms. The second kappa shape index (κ2) is 1.92. The lowest BCUT2D eigenvalue weighted by Gasteiger charge is -2.33. The summed E-state index contributed by atoms with van der Waals surface area (Å²) in [6.45, 7) is 2.67. The van der Waals surface area contributed by atoms with Crippen LogP contribution in [0.25, 0.3) is 0 Å². The van der Waals surface area contributed by atoms with Gasteiger partial charge in [0.25, 0.3) is 0 Å². The van der Waals surface area contributed by atoms with Crippen LogP contribution in [0.15, 0.2) is 0 Å². The van der Waals surface area contributed by atoms with Crippen molar-refractivity contribution in [3.8, 4) is 0 Å². The minimum absolute atomic E-state index is 0.488. The van der Waals surface area contributed by atoms with Gasteiger partial charge in [0.05, 0.1) is 5.54 Å². The Kier molecular flexibility index (Phi) is 1.26. The number of halogens is 1. The predicted octanol–water partition coefficient (Wildman–Crippen LogP) is 0.131. The summed E-state index contributed by atoms with van der Waals surface area (Å²) in [7, 11) is 0. The van der Waals surface area contributed by atoms with Crippen LogP contribution < -0.4 is 5.73 Å². The van der Waals surface area contributed by atoms with Gasteiger partial charge in [0.1, 0.15) is 6.17 Å². The van der Waals surface area contributed by atoms with Gasteiger partial charge in [-0.25, -0.2) is 4.39 Å². The normalized spacial score (nSPS) is 53.4. The highest BCUT2D eigenvalue weighted by atomic mass is 19.1. The van der Waals surface area contributed by atoms with E-state index in [1.807, 2.05) is 0 Å². The third-order valence-corrected chi connectivity index (χ3v) is 2.73. The van der Waals surface area contributed by atoms with E-state index in [0.29, 0.717) is 6.42 Å². The Balaban J connectivity index is 2.17. The Labute approximate surface area is 60.2 Å². The van der Waals surface area contributed by atoms with Gasteiger partial charge in [-0.2, -0.15) is 0 Å². The van der Waals surface area contributed by atoms with Crippen LogP contribution in [0.4, 0.5) is 4.39 Å². The summed E-state index contributed by atoms with van der Waals surface area (Å²) < 4.78 is 13.1. The molecule has 0 saturated carbocycles. The minimum atomic E-state index is -0.758. The number of hydrogen-bond donors (Lipinski definition) is 1. The van der Waals surface area contributed by atoms with Gasteiger partial charge in [-0.05, 0) is 12.8 Å². The van der Waals surface area contributed by atoms with Crippen molar-refractivity contribution < 1.29 is 4.39 Å². The van der Waals surface area contributed by atoms with Gasteiger partial charge in [0, 0.05) is 19.6 Å². The zero-order valence-electron chi connectivity index (χ0n) is 6.02. The molecule has 2 aliphatic heterocycles. The molecule has 0 radical (unpaired) electrons. The number of fused-ring (bicyclic) bond motifs is 2. The summed E-state index contributed by atoms with van der Waals surface area (Å²) in [5.41, 5.74) is 5.34. The average molecular weight is 144 g/mol. The van der Waals surface area contributed by atoms with Crippen molar-refractivity contribution in [3.05, 3.63) is 0 Å². The fourth-order valence-electron chi connectivity index (χ4n) is 1.97. The van der Waals surface area contributed by atoms with Crippen molar-refractivity contribution in [1.82, 2.24) is 4.90 Å². The molecule has 0 aromatic rings. The lowest BCUT2D eigenvalue weighted by molar-refractivity contribution is 0.126. The largest absolute Gasteiger partial charge is 0.322 e. The van der Waals surface area contributed by atoms with Crippen LogP contribution in [0.5, 0.6) is 0 Å². The molecule has 2 N–H and O–H groups in total. The quantitative estimate of drug-likeness (QED) is 0.523. The van der Waals surface area contributed by atoms with Gasteiger partial charge in [0.15, 0.2) is 0 Å². The molecule has 0 aromatic heterocycles. The Bertz CT molecular complexity index is 149. The van der Waals surface area contributed by atoms with Crippen molar-refractivity contribution in [2.45, 2.75) is 24.6 Å². The van der Waals surface area contributed by atoms with Crippen LogP contribution in [0, 0.1) is 0 Å². The van der Waals surface area contributed by atoms with E-state index in [2.05, 4.69) is 4.90 Å². The molecule has 2 saturated heterocycles. The number of nitrogens with zero attached hydrogens (tertiary/aromatic N) is 1. The van der Waals surface area contributed by atoms with Crippen molar-refractivity contribution >= 4 is 0 Å². The Morgan fingerprint density at radius 1 is 1.50 bits per heavy atom. The molecule has 2 bridgehead atoms. The maximum Gasteiger partial charge on any atom is 0.120 e. The van der Waals surface area contributed by atoms with E-state index in [1.54, 1.807) is 0 Å². The smallest absolute Gasteiger partial charge is 0.120 e. The van der Waals surface area contributed by atoms with Gasteiger partial charge in [-0.1, -0.05) is 0 Å². The summed E-state index contributed by atoms with van der Waals surface area (Å²) >= 11 is 0. The summed E-state index contributed by atoms with van der Waals surface area (Å²) in [4.78, 5) is 2.25. The molecule has 0 aromatic carbocycles. The summed E-state index contributed by atoms with van der Waals surface area (Å²) in [6.07, 6.45) is 0.719. The van der Waals surface area contributed by atoms with Crippen molar-refractivity contribution in [2.75, 3.05) is 19.6 Å². The highest BCUT2D eigenvalue weighted by Crippen LogP contribution is 2.30. The molecular formula is C7H13FN2. The van der Waals surface area contributed by atoms with Crippen LogP contribution in [0.3, 0.4) is 0 Å². The van der Waals surface area contributed by atoms with Crippen molar-refractivity contribution in [1.29, 1.82) is 0 Å². The zero-order valence-corrected chi connectivity index (χ0v) is 6.02. The summed E-state index contributed by atoms with van der Waals surface area (Å²) in [5.74, 6) is 0. The second-order valence-electron chi connectivity index (χ2n) is 3.52. The number of alkyl halides is 1. The third kappa shape index (κ3) is 0.772. The minimum Gasteiger partial charge on any atom is -0.322 e. The van der Waals surface area contributed by atoms with Crippen LogP contribution in [0.1, 0.15) is 12.8 Å². The van der Waals surface area contributed by atoms with E-state index in [4.69, 9.17) is 5.73 Å². The molecule has 2 fully saturated rings. The van der Waals surface area contributed by atoms with Crippen LogP contribution in [0.2, 0.25) is 0 Å². The zero-order chi connectivity index (χ0) is 7.19. The molecule has 58 valence electrons. The number of nitrogens with two attached hydrogens (primary N) is 1. The summed E-state index contributed by atoms with van der Waals surface area (Å²) in [6, 6.07) is 0. The standard InChI is InChI=1S/C7H13FN2/c8-6-1-3-10-4-2-7(6,9)5-10/h6H,1-5,9H2. The second-order valence-corrected chi connectivity index (χ2v) is 3.52. The maximum absolute atomic E-state index is 13.1. The molecule has 3 unspecified atom stereocenters. The first kappa shape index (κ1) is 6.55. The fraction of sp³-hybridized carbons (Fsp3) is 1.00. The van der Waals surface area contributed by atoms with Gasteiger partial charge >= 0.3 is 0 Å². The molecule has 0 aliphatic carbocycles. The topological polar surface area (TPSA) is 29.3 Å². The van der Waals surface area contributed by atoms with Crippen LogP contribution in [-0.2, 0) is 0 Å². The lowest BCUT2D eigenvalue weighted by Crippen LogP contribution is -2.54. The molecule has 3 heteroatoms. The van der Waals surface area contributed by atoms with Gasteiger partial charge in [-0.3, -0.25) is 0 Å². The summed E-state index contributed by atoms with van der Waals surface area (Å²) in [5, 5.41) is 0. The van der Waals surface area contributed by atoms with Gasteiger partial charge in [-0.15, -0.1) is 0 Å². The van der Waals surface area contributed by atoms with Crippen LogP contribution >= 0.6 is 0 Å². The number of hydrogen-bond acceptors (Lipinski definition) is 2. The average Bonchev–Trinajstić information content (AvgIpc) is 2.22. The molecule has 3 atom stereocenters. The number of rotatable bonds is 0. The van der Waals surface area contributed by atoms with E-state index in [-0.39, 0.29) is 0 Å². The first-order valence-electron chi connectivity index (χ1n) is 3.86. The highest BCUT2D eigenvalue weighted by molar-refractivity contribution is 5.03. The first-order chi connectivity index (χ1) is 4.71. The molecular weight excluding hydrogens is 131 g/mol. The van der Waals surface area contributed by atoms with Crippen molar-refractivity contribution in [2.24, 2.45) is 5.73 Å². The monoisotopic (exact) mass is 144 g/mol. The highest BCUT2D eigenvalue weighted by Gasteiger charge is 2.45. The Morgan fingerprint density at radius 2 is 2.30 bits per heavy atom. The molecule has 2 nitrogen and oxygen atoms in total. The van der Waals surface area contributed by atoms with E-state index < -0.39 is 11.7 Å². The third-order valence-electron chi connectivity index (χ3n) is 2.73. The lowest BCUT2D eigenvalue weighted by atomic mass is 9.90. The Hall–Kier alpha value is -0.150. The Morgan fingerprint density at radius 3 is 3.00 bits per heavy atom. The molecule has 0 amide bonds. The fourth-order valence-corrected chi connectivity index (χ4v) is 1.97. The van der Waals surface area contributed by atoms with E-state index in [9.17, 15) is 4.39 Å². The van der Waals surface area contributed by atoms with E-state index in [0.717, 1.165) is 26.1 Å². The maximum atomic E-state index is 13.1. The molecule has 0 spiro atoms. The molecule has 2 heterocycles. The van der Waals surface area contributed by atoms with Crippen LogP contribution in [-0.4, -0.2) is 36.2 Å². The van der Waals surface area contributed by atoms with E-state index >= 15 is 0 Å². The van der Waals surface area contributed by atoms with Crippen molar-refractivity contribution in [3.63, 3.8) is 0 Å².